The molecule has 2 fully saturated rings. The normalized spacial score (nSPS) is 32.8. The Balaban J connectivity index is 1.95. The molecule has 0 saturated heterocycles. The van der Waals surface area contributed by atoms with Crippen molar-refractivity contribution in [1.82, 2.24) is 5.16 Å². The second kappa shape index (κ2) is 3.51. The Hall–Kier alpha value is -0.990. The third kappa shape index (κ3) is 1.37. The van der Waals surface area contributed by atoms with E-state index < -0.39 is 0 Å². The molecule has 3 nitrogen and oxygen atoms in total. The van der Waals surface area contributed by atoms with Gasteiger partial charge in [-0.1, -0.05) is 25.4 Å². The van der Waals surface area contributed by atoms with Crippen molar-refractivity contribution in [2.75, 3.05) is 5.73 Å². The number of anilines is 1. The number of aromatic nitrogens is 1. The van der Waals surface area contributed by atoms with E-state index in [1.54, 1.807) is 0 Å². The van der Waals surface area contributed by atoms with E-state index >= 15 is 0 Å². The van der Waals surface area contributed by atoms with Gasteiger partial charge in [-0.25, -0.2) is 0 Å². The first kappa shape index (κ1) is 10.2. The highest BCUT2D eigenvalue weighted by molar-refractivity contribution is 5.43. The van der Waals surface area contributed by atoms with Crippen molar-refractivity contribution in [3.63, 3.8) is 0 Å². The molecule has 16 heavy (non-hydrogen) atoms. The van der Waals surface area contributed by atoms with E-state index in [9.17, 15) is 0 Å². The van der Waals surface area contributed by atoms with Crippen LogP contribution in [-0.4, -0.2) is 5.16 Å². The summed E-state index contributed by atoms with van der Waals surface area (Å²) in [6, 6.07) is 0. The zero-order valence-electron chi connectivity index (χ0n) is 10.1. The Labute approximate surface area is 96.4 Å². The zero-order chi connectivity index (χ0) is 11.3. The monoisotopic (exact) mass is 220 g/mol. The number of hydrogen-bond donors (Lipinski definition) is 1. The van der Waals surface area contributed by atoms with Gasteiger partial charge in [0.1, 0.15) is 0 Å². The fraction of sp³-hybridized carbons (Fsp3) is 0.769. The van der Waals surface area contributed by atoms with Crippen molar-refractivity contribution >= 4 is 5.88 Å². The summed E-state index contributed by atoms with van der Waals surface area (Å²) in [5, 5.41) is 4.24. The Morgan fingerprint density at radius 2 is 2.12 bits per heavy atom. The molecule has 0 spiro atoms. The molecule has 88 valence electrons. The quantitative estimate of drug-likeness (QED) is 0.832. The summed E-state index contributed by atoms with van der Waals surface area (Å²) in [4.78, 5) is 0. The highest BCUT2D eigenvalue weighted by atomic mass is 16.5. The Morgan fingerprint density at radius 1 is 1.31 bits per heavy atom. The fourth-order valence-electron chi connectivity index (χ4n) is 3.75. The molecule has 1 aromatic heterocycles. The summed E-state index contributed by atoms with van der Waals surface area (Å²) in [5.41, 5.74) is 8.21. The smallest absolute Gasteiger partial charge is 0.225 e. The maximum Gasteiger partial charge on any atom is 0.225 e. The van der Waals surface area contributed by atoms with Gasteiger partial charge in [-0.15, -0.1) is 0 Å². The lowest BCUT2D eigenvalue weighted by molar-refractivity contribution is 0.374. The van der Waals surface area contributed by atoms with E-state index in [1.165, 1.54) is 31.4 Å². The van der Waals surface area contributed by atoms with E-state index in [0.29, 0.717) is 17.7 Å². The second-order valence-corrected chi connectivity index (χ2v) is 5.78. The molecule has 3 heteroatoms. The van der Waals surface area contributed by atoms with Gasteiger partial charge in [0.25, 0.3) is 0 Å². The highest BCUT2D eigenvalue weighted by Gasteiger charge is 2.43. The van der Waals surface area contributed by atoms with Crippen LogP contribution >= 0.6 is 0 Å². The van der Waals surface area contributed by atoms with Gasteiger partial charge in [-0.3, -0.25) is 0 Å². The zero-order valence-corrected chi connectivity index (χ0v) is 10.1. The van der Waals surface area contributed by atoms with Gasteiger partial charge in [0.15, 0.2) is 0 Å². The van der Waals surface area contributed by atoms with Gasteiger partial charge in [0.2, 0.25) is 5.88 Å². The van der Waals surface area contributed by atoms with Gasteiger partial charge in [0, 0.05) is 11.5 Å². The predicted molar refractivity (Wildman–Crippen MR) is 63.2 cm³/mol. The fourth-order valence-corrected chi connectivity index (χ4v) is 3.75. The summed E-state index contributed by atoms with van der Waals surface area (Å²) in [6.07, 6.45) is 5.50. The maximum absolute atomic E-state index is 5.88. The molecule has 1 aromatic rings. The van der Waals surface area contributed by atoms with Crippen LogP contribution in [0.5, 0.6) is 0 Å². The third-order valence-corrected chi connectivity index (χ3v) is 4.45. The lowest BCUT2D eigenvalue weighted by Gasteiger charge is -2.21. The summed E-state index contributed by atoms with van der Waals surface area (Å²) in [5.74, 6) is 3.35. The summed E-state index contributed by atoms with van der Waals surface area (Å²) in [6.45, 7) is 4.33. The molecule has 3 unspecified atom stereocenters. The molecule has 2 saturated carbocycles. The summed E-state index contributed by atoms with van der Waals surface area (Å²) < 4.78 is 5.20. The third-order valence-electron chi connectivity index (χ3n) is 4.45. The van der Waals surface area contributed by atoms with Crippen molar-refractivity contribution in [3.05, 3.63) is 11.3 Å². The summed E-state index contributed by atoms with van der Waals surface area (Å²) in [7, 11) is 0. The molecular formula is C13H20N2O. The Bertz CT molecular complexity index is 397. The molecule has 3 rings (SSSR count). The number of rotatable bonds is 2. The lowest BCUT2D eigenvalue weighted by Crippen LogP contribution is -2.11. The number of nitrogens with zero attached hydrogens (tertiary/aromatic N) is 1. The van der Waals surface area contributed by atoms with Gasteiger partial charge >= 0.3 is 0 Å². The molecule has 2 aliphatic rings. The molecule has 2 bridgehead atoms. The SMILES string of the molecule is CC(C)c1c(C2CC3CCC2C3)noc1N. The van der Waals surface area contributed by atoms with Crippen LogP contribution in [0.25, 0.3) is 0 Å². The van der Waals surface area contributed by atoms with Gasteiger partial charge in [0.05, 0.1) is 5.69 Å². The van der Waals surface area contributed by atoms with Crippen LogP contribution in [0.2, 0.25) is 0 Å². The van der Waals surface area contributed by atoms with Crippen molar-refractivity contribution < 1.29 is 4.52 Å². The second-order valence-electron chi connectivity index (χ2n) is 5.78. The Morgan fingerprint density at radius 3 is 2.69 bits per heavy atom. The Kier molecular flexibility index (Phi) is 2.23. The topological polar surface area (TPSA) is 52.0 Å². The first-order valence-electron chi connectivity index (χ1n) is 6.41. The molecule has 1 heterocycles. The number of fused-ring (bicyclic) bond motifs is 2. The van der Waals surface area contributed by atoms with Crippen LogP contribution in [0, 0.1) is 11.8 Å². The standard InChI is InChI=1S/C13H20N2O/c1-7(2)11-12(15-16-13(11)14)10-6-8-3-4-9(10)5-8/h7-10H,3-6,14H2,1-2H3. The van der Waals surface area contributed by atoms with Crippen LogP contribution in [0.15, 0.2) is 4.52 Å². The average Bonchev–Trinajstić information content (AvgIpc) is 2.89. The number of nitrogen functional groups attached to an aromatic ring is 1. The van der Waals surface area contributed by atoms with Crippen molar-refractivity contribution in [2.24, 2.45) is 11.8 Å². The van der Waals surface area contributed by atoms with Gasteiger partial charge in [-0.2, -0.15) is 0 Å². The minimum absolute atomic E-state index is 0.417. The van der Waals surface area contributed by atoms with E-state index in [0.717, 1.165) is 17.4 Å². The van der Waals surface area contributed by atoms with E-state index in [4.69, 9.17) is 10.3 Å². The molecule has 0 radical (unpaired) electrons. The molecule has 0 aliphatic heterocycles. The van der Waals surface area contributed by atoms with Gasteiger partial charge < -0.3 is 10.3 Å². The average molecular weight is 220 g/mol. The molecule has 0 amide bonds. The van der Waals surface area contributed by atoms with Crippen LogP contribution in [0.1, 0.15) is 62.6 Å². The molecular weight excluding hydrogens is 200 g/mol. The minimum atomic E-state index is 0.417. The van der Waals surface area contributed by atoms with Crippen molar-refractivity contribution in [1.29, 1.82) is 0 Å². The van der Waals surface area contributed by atoms with E-state index in [-0.39, 0.29) is 0 Å². The molecule has 0 aromatic carbocycles. The number of nitrogens with two attached hydrogens (primary N) is 1. The lowest BCUT2D eigenvalue weighted by atomic mass is 9.83. The van der Waals surface area contributed by atoms with Crippen LogP contribution in [0.4, 0.5) is 5.88 Å². The first-order chi connectivity index (χ1) is 7.66. The minimum Gasteiger partial charge on any atom is -0.367 e. The predicted octanol–water partition coefficient (Wildman–Crippen LogP) is 3.28. The van der Waals surface area contributed by atoms with Gasteiger partial charge in [-0.05, 0) is 37.0 Å². The van der Waals surface area contributed by atoms with E-state index in [1.807, 2.05) is 0 Å². The maximum atomic E-state index is 5.88. The highest BCUT2D eigenvalue weighted by Crippen LogP contribution is 2.54. The largest absolute Gasteiger partial charge is 0.367 e. The van der Waals surface area contributed by atoms with Crippen LogP contribution < -0.4 is 5.73 Å². The number of hydrogen-bond acceptors (Lipinski definition) is 3. The molecule has 2 aliphatic carbocycles. The van der Waals surface area contributed by atoms with Crippen molar-refractivity contribution in [3.8, 4) is 0 Å². The molecule has 3 atom stereocenters. The first-order valence-corrected chi connectivity index (χ1v) is 6.41. The van der Waals surface area contributed by atoms with E-state index in [2.05, 4.69) is 19.0 Å². The summed E-state index contributed by atoms with van der Waals surface area (Å²) >= 11 is 0. The molecule has 2 N–H and O–H groups in total. The van der Waals surface area contributed by atoms with Crippen molar-refractivity contribution in [2.45, 2.75) is 51.4 Å². The van der Waals surface area contributed by atoms with Crippen LogP contribution in [0.3, 0.4) is 0 Å². The van der Waals surface area contributed by atoms with Crippen LogP contribution in [-0.2, 0) is 0 Å².